The van der Waals surface area contributed by atoms with Crippen LogP contribution in [0.1, 0.15) is 69.0 Å². The molecule has 3 fully saturated rings. The van der Waals surface area contributed by atoms with Gasteiger partial charge in [-0.05, 0) is 49.0 Å². The molecule has 5 atom stereocenters. The highest BCUT2D eigenvalue weighted by atomic mass is 16.6. The zero-order valence-electron chi connectivity index (χ0n) is 26.8. The van der Waals surface area contributed by atoms with E-state index >= 15 is 0 Å². The van der Waals surface area contributed by atoms with Gasteiger partial charge in [-0.1, -0.05) is 62.4 Å². The predicted octanol–water partition coefficient (Wildman–Crippen LogP) is 1.55. The molecule has 0 bridgehead atoms. The number of aliphatic hydroxyl groups is 2. The lowest BCUT2D eigenvalue weighted by Gasteiger charge is -2.54. The van der Waals surface area contributed by atoms with E-state index in [0.717, 1.165) is 42.6 Å². The summed E-state index contributed by atoms with van der Waals surface area (Å²) in [5.74, 6) is -5.93. The van der Waals surface area contributed by atoms with Gasteiger partial charge in [0.05, 0.1) is 36.8 Å². The number of hydrogen-bond donors (Lipinski definition) is 6. The van der Waals surface area contributed by atoms with Crippen molar-refractivity contribution in [3.63, 3.8) is 0 Å². The molecule has 0 spiro atoms. The third kappa shape index (κ3) is 6.60. The molecule has 2 aromatic rings. The summed E-state index contributed by atoms with van der Waals surface area (Å²) in [5.41, 5.74) is 15.3. The number of imidazole rings is 1. The number of amides is 4. The molecule has 47 heavy (non-hydrogen) atoms. The number of rotatable bonds is 15. The van der Waals surface area contributed by atoms with Crippen molar-refractivity contribution in [2.75, 3.05) is 13.2 Å². The smallest absolute Gasteiger partial charge is 0.411 e. The van der Waals surface area contributed by atoms with E-state index in [9.17, 15) is 29.4 Å². The molecule has 1 aromatic carbocycles. The van der Waals surface area contributed by atoms with Crippen molar-refractivity contribution in [1.29, 1.82) is 0 Å². The number of nitrogens with zero attached hydrogens (tertiary/aromatic N) is 2. The van der Waals surface area contributed by atoms with Gasteiger partial charge in [-0.3, -0.25) is 19.3 Å². The molecule has 13 heteroatoms. The molecule has 2 unspecified atom stereocenters. The first kappa shape index (κ1) is 34.4. The van der Waals surface area contributed by atoms with Crippen LogP contribution in [-0.4, -0.2) is 79.8 Å². The first-order valence-electron chi connectivity index (χ1n) is 16.7. The fourth-order valence-electron chi connectivity index (χ4n) is 8.63. The van der Waals surface area contributed by atoms with Gasteiger partial charge in [-0.25, -0.2) is 9.78 Å². The van der Waals surface area contributed by atoms with Crippen molar-refractivity contribution < 1.29 is 34.1 Å². The van der Waals surface area contributed by atoms with E-state index in [1.807, 2.05) is 30.3 Å². The van der Waals surface area contributed by atoms with Gasteiger partial charge < -0.3 is 37.1 Å². The molecule has 1 aromatic heterocycles. The molecular formula is C34H48N6O7. The molecule has 13 nitrogen and oxygen atoms in total. The van der Waals surface area contributed by atoms with Gasteiger partial charge in [0, 0.05) is 31.0 Å². The molecule has 1 saturated heterocycles. The Kier molecular flexibility index (Phi) is 10.5. The largest absolute Gasteiger partial charge is 0.449 e. The second kappa shape index (κ2) is 14.4. The Morgan fingerprint density at radius 3 is 2.26 bits per heavy atom. The summed E-state index contributed by atoms with van der Waals surface area (Å²) in [6, 6.07) is 9.33. The zero-order chi connectivity index (χ0) is 33.8. The van der Waals surface area contributed by atoms with E-state index in [1.165, 1.54) is 6.33 Å². The fourth-order valence-corrected chi connectivity index (χ4v) is 8.63. The third-order valence-corrected chi connectivity index (χ3v) is 11.0. The van der Waals surface area contributed by atoms with Crippen LogP contribution in [0.5, 0.6) is 0 Å². The molecule has 5 rings (SSSR count). The zero-order valence-corrected chi connectivity index (χ0v) is 26.8. The molecule has 2 aliphatic carbocycles. The summed E-state index contributed by atoms with van der Waals surface area (Å²) in [6.07, 6.45) is 5.68. The highest BCUT2D eigenvalue weighted by molar-refractivity contribution is 6.12. The van der Waals surface area contributed by atoms with Crippen molar-refractivity contribution in [2.24, 2.45) is 46.3 Å². The summed E-state index contributed by atoms with van der Waals surface area (Å²) in [4.78, 5) is 63.7. The van der Waals surface area contributed by atoms with E-state index in [1.54, 1.807) is 6.20 Å². The van der Waals surface area contributed by atoms with Crippen LogP contribution in [0.3, 0.4) is 0 Å². The molecule has 2 saturated carbocycles. The standard InChI is InChI=1S/C34H48N6O7/c35-29(43)26(18-24-19-38-20-39-24)33(25(17-22-9-5-2-6-10-22)28(42)27(41)23-11-12-23)14-15-40(34(33,30(36)44)31(37)45)32(46)47-16-13-21-7-3-1-4-8-21/h1,3-4,7-8,19-20,22-23,25-28,41-42H,2,5-6,9-18H2,(H2,35,43)(H2,36,44)(H2,37,45)(H,38,39)/t25-,26?,27+,28-,33?/m1/s1. The lowest BCUT2D eigenvalue weighted by molar-refractivity contribution is -0.168. The number of carbonyl (C=O) groups is 4. The van der Waals surface area contributed by atoms with Crippen LogP contribution >= 0.6 is 0 Å². The highest BCUT2D eigenvalue weighted by Gasteiger charge is 2.75. The Bertz CT molecular complexity index is 1380. The summed E-state index contributed by atoms with van der Waals surface area (Å²) in [6.45, 7) is -0.297. The van der Waals surface area contributed by atoms with Gasteiger partial charge >= 0.3 is 6.09 Å². The minimum Gasteiger partial charge on any atom is -0.449 e. The third-order valence-electron chi connectivity index (χ3n) is 11.0. The summed E-state index contributed by atoms with van der Waals surface area (Å²) >= 11 is 0. The maximum absolute atomic E-state index is 14.0. The Morgan fingerprint density at radius 1 is 1.00 bits per heavy atom. The molecule has 256 valence electrons. The first-order valence-corrected chi connectivity index (χ1v) is 16.7. The topological polar surface area (TPSA) is 228 Å². The van der Waals surface area contributed by atoms with Gasteiger partial charge in [0.2, 0.25) is 11.4 Å². The predicted molar refractivity (Wildman–Crippen MR) is 171 cm³/mol. The Hall–Kier alpha value is -3.97. The van der Waals surface area contributed by atoms with Gasteiger partial charge in [0.25, 0.3) is 11.8 Å². The number of H-pyrrole nitrogens is 1. The van der Waals surface area contributed by atoms with Crippen LogP contribution in [0, 0.1) is 29.1 Å². The van der Waals surface area contributed by atoms with Crippen LogP contribution in [0.25, 0.3) is 0 Å². The number of aliphatic hydroxyl groups excluding tert-OH is 2. The number of aromatic amines is 1. The monoisotopic (exact) mass is 652 g/mol. The van der Waals surface area contributed by atoms with E-state index < -0.39 is 58.8 Å². The van der Waals surface area contributed by atoms with Crippen molar-refractivity contribution in [1.82, 2.24) is 14.9 Å². The number of likely N-dealkylation sites (tertiary alicyclic amines) is 1. The SMILES string of the molecule is NC(=O)C(Cc1c[nH]cn1)C1([C@H](CC2CCCCC2)[C@@H](O)[C@@H](O)C2CC2)CCN(C(=O)OCCc2ccccc2)C1(C(N)=O)C(N)=O. The second-order valence-corrected chi connectivity index (χ2v) is 13.6. The highest BCUT2D eigenvalue weighted by Crippen LogP contribution is 2.60. The van der Waals surface area contributed by atoms with Crippen LogP contribution < -0.4 is 17.2 Å². The average Bonchev–Trinajstić information content (AvgIpc) is 3.65. The molecule has 0 radical (unpaired) electrons. The quantitative estimate of drug-likeness (QED) is 0.154. The van der Waals surface area contributed by atoms with Crippen LogP contribution in [-0.2, 0) is 32.0 Å². The second-order valence-electron chi connectivity index (χ2n) is 13.6. The van der Waals surface area contributed by atoms with Gasteiger partial charge in [0.1, 0.15) is 0 Å². The van der Waals surface area contributed by atoms with E-state index in [-0.39, 0.29) is 44.2 Å². The summed E-state index contributed by atoms with van der Waals surface area (Å²) < 4.78 is 5.64. The molecular weight excluding hydrogens is 604 g/mol. The molecule has 4 amide bonds. The molecule has 2 heterocycles. The van der Waals surface area contributed by atoms with Crippen molar-refractivity contribution >= 4 is 23.8 Å². The number of hydrogen-bond acceptors (Lipinski definition) is 8. The van der Waals surface area contributed by atoms with E-state index in [2.05, 4.69) is 9.97 Å². The molecule has 3 aliphatic rings. The minimum atomic E-state index is -2.63. The maximum atomic E-state index is 14.0. The Labute approximate surface area is 274 Å². The minimum absolute atomic E-state index is 0.0518. The van der Waals surface area contributed by atoms with E-state index in [0.29, 0.717) is 25.0 Å². The number of nitrogens with two attached hydrogens (primary N) is 3. The number of carbonyl (C=O) groups excluding carboxylic acids is 4. The van der Waals surface area contributed by atoms with Crippen molar-refractivity contribution in [3.8, 4) is 0 Å². The van der Waals surface area contributed by atoms with Crippen molar-refractivity contribution in [3.05, 3.63) is 54.1 Å². The number of benzene rings is 1. The van der Waals surface area contributed by atoms with Crippen LogP contribution in [0.4, 0.5) is 4.79 Å². The van der Waals surface area contributed by atoms with Gasteiger partial charge in [-0.2, -0.15) is 0 Å². The van der Waals surface area contributed by atoms with Gasteiger partial charge in [-0.15, -0.1) is 0 Å². The molecule has 9 N–H and O–H groups in total. The fraction of sp³-hybridized carbons (Fsp3) is 0.618. The number of aromatic nitrogens is 2. The van der Waals surface area contributed by atoms with Crippen LogP contribution in [0.2, 0.25) is 0 Å². The lowest BCUT2D eigenvalue weighted by atomic mass is 9.50. The van der Waals surface area contributed by atoms with Gasteiger partial charge in [0.15, 0.2) is 0 Å². The van der Waals surface area contributed by atoms with E-state index in [4.69, 9.17) is 21.9 Å². The Balaban J connectivity index is 1.65. The summed E-state index contributed by atoms with van der Waals surface area (Å²) in [7, 11) is 0. The Morgan fingerprint density at radius 2 is 1.68 bits per heavy atom. The number of ether oxygens (including phenoxy) is 1. The number of nitrogens with one attached hydrogen (secondary N) is 1. The first-order chi connectivity index (χ1) is 22.5. The number of primary amides is 3. The van der Waals surface area contributed by atoms with Crippen molar-refractivity contribution in [2.45, 2.75) is 88.4 Å². The average molecular weight is 653 g/mol. The maximum Gasteiger partial charge on any atom is 0.411 e. The van der Waals surface area contributed by atoms with Crippen LogP contribution in [0.15, 0.2) is 42.9 Å². The normalized spacial score (nSPS) is 23.8. The summed E-state index contributed by atoms with van der Waals surface area (Å²) in [5, 5.41) is 23.6. The molecule has 1 aliphatic heterocycles. The lowest BCUT2D eigenvalue weighted by Crippen LogP contribution is -2.75.